The van der Waals surface area contributed by atoms with Gasteiger partial charge in [0.05, 0.1) is 0 Å². The molecule has 0 aliphatic carbocycles. The lowest BCUT2D eigenvalue weighted by Crippen LogP contribution is -2.22. The summed E-state index contributed by atoms with van der Waals surface area (Å²) in [6.07, 6.45) is 5.88. The number of H-pyrrole nitrogens is 1. The van der Waals surface area contributed by atoms with Gasteiger partial charge in [0.25, 0.3) is 0 Å². The zero-order valence-electron chi connectivity index (χ0n) is 13.3. The molecule has 2 N–H and O–H groups in total. The highest BCUT2D eigenvalue weighted by Gasteiger charge is 2.04. The third kappa shape index (κ3) is 4.19. The number of fused-ring (bicyclic) bond motifs is 1. The molecule has 2 heterocycles. The fraction of sp³-hybridized carbons (Fsp3) is 0.263. The molecule has 1 amide bonds. The van der Waals surface area contributed by atoms with E-state index in [1.54, 1.807) is 6.20 Å². The molecule has 0 unspecified atom stereocenters. The summed E-state index contributed by atoms with van der Waals surface area (Å²) in [6, 6.07) is 12.3. The van der Waals surface area contributed by atoms with E-state index in [-0.39, 0.29) is 5.91 Å². The number of rotatable bonds is 6. The van der Waals surface area contributed by atoms with E-state index in [0.29, 0.717) is 13.0 Å². The second kappa shape index (κ2) is 7.09. The number of aryl methyl sites for hydroxylation is 2. The first-order chi connectivity index (χ1) is 11.2. The van der Waals surface area contributed by atoms with Crippen LogP contribution in [0.1, 0.15) is 29.7 Å². The Hall–Kier alpha value is -2.62. The number of hydrogen-bond donors (Lipinski definition) is 2. The summed E-state index contributed by atoms with van der Waals surface area (Å²) in [4.78, 5) is 19.3. The average molecular weight is 307 g/mol. The minimum atomic E-state index is 0.0965. The Morgan fingerprint density at radius 1 is 1.22 bits per heavy atom. The molecule has 118 valence electrons. The van der Waals surface area contributed by atoms with Crippen molar-refractivity contribution in [3.8, 4) is 0 Å². The Balaban J connectivity index is 1.46. The van der Waals surface area contributed by atoms with Gasteiger partial charge in [0.15, 0.2) is 0 Å². The summed E-state index contributed by atoms with van der Waals surface area (Å²) in [7, 11) is 0. The van der Waals surface area contributed by atoms with E-state index < -0.39 is 0 Å². The lowest BCUT2D eigenvalue weighted by molar-refractivity contribution is -0.121. The Morgan fingerprint density at radius 2 is 2.13 bits per heavy atom. The van der Waals surface area contributed by atoms with Crippen molar-refractivity contribution < 1.29 is 4.79 Å². The van der Waals surface area contributed by atoms with Crippen molar-refractivity contribution in [2.45, 2.75) is 32.7 Å². The Bertz CT molecular complexity index is 793. The maximum atomic E-state index is 11.9. The van der Waals surface area contributed by atoms with Crippen molar-refractivity contribution >= 4 is 16.8 Å². The number of nitrogens with zero attached hydrogens (tertiary/aromatic N) is 1. The molecule has 4 nitrogen and oxygen atoms in total. The molecule has 0 saturated carbocycles. The maximum Gasteiger partial charge on any atom is 0.220 e. The molecule has 1 aromatic carbocycles. The minimum Gasteiger partial charge on any atom is -0.359 e. The second-order valence-corrected chi connectivity index (χ2v) is 5.87. The van der Waals surface area contributed by atoms with Crippen LogP contribution in [0.2, 0.25) is 0 Å². The molecule has 0 radical (unpaired) electrons. The van der Waals surface area contributed by atoms with Gasteiger partial charge in [-0.2, -0.15) is 0 Å². The number of aromatic nitrogens is 2. The lowest BCUT2D eigenvalue weighted by Gasteiger charge is -2.06. The molecule has 0 atom stereocenters. The van der Waals surface area contributed by atoms with Gasteiger partial charge in [-0.1, -0.05) is 12.1 Å². The van der Waals surface area contributed by atoms with Crippen LogP contribution in [0, 0.1) is 6.92 Å². The second-order valence-electron chi connectivity index (χ2n) is 5.87. The number of amides is 1. The topological polar surface area (TPSA) is 57.8 Å². The Kier molecular flexibility index (Phi) is 4.71. The maximum absolute atomic E-state index is 11.9. The van der Waals surface area contributed by atoms with Crippen molar-refractivity contribution in [3.63, 3.8) is 0 Å². The number of aromatic amines is 1. The minimum absolute atomic E-state index is 0.0965. The normalized spacial score (nSPS) is 10.8. The number of carbonyl (C=O) groups excluding carboxylic acids is 1. The number of nitrogens with one attached hydrogen (secondary N) is 2. The van der Waals surface area contributed by atoms with Gasteiger partial charge in [0, 0.05) is 36.6 Å². The molecular formula is C19H21N3O. The molecule has 0 bridgehead atoms. The zero-order valence-corrected chi connectivity index (χ0v) is 13.3. The van der Waals surface area contributed by atoms with Crippen LogP contribution in [0.25, 0.3) is 10.9 Å². The summed E-state index contributed by atoms with van der Waals surface area (Å²) in [5, 5.41) is 4.18. The van der Waals surface area contributed by atoms with Crippen LogP contribution in [0.3, 0.4) is 0 Å². The summed E-state index contributed by atoms with van der Waals surface area (Å²) in [6.45, 7) is 2.62. The van der Waals surface area contributed by atoms with Crippen LogP contribution < -0.4 is 5.32 Å². The van der Waals surface area contributed by atoms with Crippen LogP contribution in [-0.2, 0) is 17.8 Å². The van der Waals surface area contributed by atoms with Crippen LogP contribution in [-0.4, -0.2) is 15.9 Å². The smallest absolute Gasteiger partial charge is 0.220 e. The number of benzene rings is 1. The first kappa shape index (κ1) is 15.3. The number of carbonyl (C=O) groups is 1. The highest BCUT2D eigenvalue weighted by Crippen LogP contribution is 2.16. The molecule has 0 spiro atoms. The molecule has 23 heavy (non-hydrogen) atoms. The number of pyridine rings is 1. The van der Waals surface area contributed by atoms with Crippen molar-refractivity contribution in [3.05, 3.63) is 65.6 Å². The van der Waals surface area contributed by atoms with Crippen LogP contribution in [0.4, 0.5) is 0 Å². The number of hydrogen-bond acceptors (Lipinski definition) is 2. The average Bonchev–Trinajstić information content (AvgIpc) is 2.93. The van der Waals surface area contributed by atoms with Gasteiger partial charge in [0.2, 0.25) is 5.91 Å². The zero-order chi connectivity index (χ0) is 16.1. The highest BCUT2D eigenvalue weighted by atomic mass is 16.1. The lowest BCUT2D eigenvalue weighted by atomic mass is 10.1. The van der Waals surface area contributed by atoms with Gasteiger partial charge >= 0.3 is 0 Å². The van der Waals surface area contributed by atoms with Crippen molar-refractivity contribution in [2.24, 2.45) is 0 Å². The van der Waals surface area contributed by atoms with E-state index in [1.165, 1.54) is 10.9 Å². The van der Waals surface area contributed by atoms with Gasteiger partial charge in [-0.3, -0.25) is 9.78 Å². The molecule has 4 heteroatoms. The van der Waals surface area contributed by atoms with Crippen molar-refractivity contribution in [1.29, 1.82) is 0 Å². The Labute approximate surface area is 136 Å². The van der Waals surface area contributed by atoms with Gasteiger partial charge < -0.3 is 10.3 Å². The molecule has 3 aromatic rings. The van der Waals surface area contributed by atoms with Crippen LogP contribution in [0.5, 0.6) is 0 Å². The van der Waals surface area contributed by atoms with Crippen molar-refractivity contribution in [2.75, 3.05) is 0 Å². The summed E-state index contributed by atoms with van der Waals surface area (Å²) < 4.78 is 0. The van der Waals surface area contributed by atoms with E-state index in [4.69, 9.17) is 0 Å². The van der Waals surface area contributed by atoms with E-state index in [2.05, 4.69) is 33.5 Å². The molecule has 0 fully saturated rings. The van der Waals surface area contributed by atoms with Gasteiger partial charge in [0.1, 0.15) is 0 Å². The van der Waals surface area contributed by atoms with E-state index in [0.717, 1.165) is 29.6 Å². The van der Waals surface area contributed by atoms with E-state index >= 15 is 0 Å². The molecule has 0 aliphatic rings. The third-order valence-electron chi connectivity index (χ3n) is 3.90. The van der Waals surface area contributed by atoms with E-state index in [1.807, 2.05) is 31.3 Å². The first-order valence-electron chi connectivity index (χ1n) is 7.94. The summed E-state index contributed by atoms with van der Waals surface area (Å²) >= 11 is 0. The SMILES string of the molecule is Cc1cc2cc(CNC(=O)CCCc3cccnc3)ccc2[nH]1. The van der Waals surface area contributed by atoms with Crippen molar-refractivity contribution in [1.82, 2.24) is 15.3 Å². The van der Waals surface area contributed by atoms with Gasteiger partial charge in [-0.15, -0.1) is 0 Å². The quantitative estimate of drug-likeness (QED) is 0.732. The highest BCUT2D eigenvalue weighted by molar-refractivity contribution is 5.81. The molecule has 0 saturated heterocycles. The van der Waals surface area contributed by atoms with Gasteiger partial charge in [-0.05, 0) is 60.5 Å². The summed E-state index contributed by atoms with van der Waals surface area (Å²) in [5.74, 6) is 0.0965. The molecule has 2 aromatic heterocycles. The monoisotopic (exact) mass is 307 g/mol. The summed E-state index contributed by atoms with van der Waals surface area (Å²) in [5.41, 5.74) is 4.58. The van der Waals surface area contributed by atoms with Crippen LogP contribution >= 0.6 is 0 Å². The van der Waals surface area contributed by atoms with Crippen LogP contribution in [0.15, 0.2) is 48.8 Å². The third-order valence-corrected chi connectivity index (χ3v) is 3.90. The first-order valence-corrected chi connectivity index (χ1v) is 7.94. The fourth-order valence-corrected chi connectivity index (χ4v) is 2.73. The molecular weight excluding hydrogens is 286 g/mol. The fourth-order valence-electron chi connectivity index (χ4n) is 2.73. The molecule has 3 rings (SSSR count). The largest absolute Gasteiger partial charge is 0.359 e. The predicted molar refractivity (Wildman–Crippen MR) is 92.1 cm³/mol. The Morgan fingerprint density at radius 3 is 2.96 bits per heavy atom. The predicted octanol–water partition coefficient (Wildman–Crippen LogP) is 3.51. The standard InChI is InChI=1S/C19H21N3O/c1-14-10-17-11-16(7-8-18(17)22-14)13-21-19(23)6-2-4-15-5-3-9-20-12-15/h3,5,7-12,22H,2,4,6,13H2,1H3,(H,21,23). The molecule has 0 aliphatic heterocycles. The van der Waals surface area contributed by atoms with E-state index in [9.17, 15) is 4.79 Å². The van der Waals surface area contributed by atoms with Gasteiger partial charge in [-0.25, -0.2) is 0 Å².